The standard InChI is InChI=1S/C23H28FN5O2.HI/c1-4-20-19(21(5-2)31-29-20)15-28-23(25-6-3)27-14-16-7-12-22(26-13-16)30-18-10-8-17(24)9-11-18;/h7-13H,4-6,14-15H2,1-3H3,(H2,25,27,28);1H. The first-order valence-electron chi connectivity index (χ1n) is 10.5. The lowest BCUT2D eigenvalue weighted by Crippen LogP contribution is -2.37. The van der Waals surface area contributed by atoms with E-state index in [2.05, 4.69) is 39.6 Å². The SMILES string of the molecule is CCNC(=NCc1ccc(Oc2ccc(F)cc2)nc1)NCc1c(CC)noc1CC.I. The third-order valence-electron chi connectivity index (χ3n) is 4.64. The molecular weight excluding hydrogens is 524 g/mol. The number of nitrogens with one attached hydrogen (secondary N) is 2. The summed E-state index contributed by atoms with van der Waals surface area (Å²) in [5, 5.41) is 10.8. The average molecular weight is 553 g/mol. The van der Waals surface area contributed by atoms with Crippen LogP contribution in [0.4, 0.5) is 4.39 Å². The number of halogens is 2. The van der Waals surface area contributed by atoms with Crippen LogP contribution in [0.3, 0.4) is 0 Å². The van der Waals surface area contributed by atoms with E-state index in [9.17, 15) is 4.39 Å². The summed E-state index contributed by atoms with van der Waals surface area (Å²) in [6.07, 6.45) is 3.35. The molecule has 0 radical (unpaired) electrons. The second-order valence-corrected chi connectivity index (χ2v) is 6.85. The Balaban J connectivity index is 0.00000363. The summed E-state index contributed by atoms with van der Waals surface area (Å²) in [4.78, 5) is 8.94. The van der Waals surface area contributed by atoms with E-state index in [1.165, 1.54) is 12.1 Å². The molecule has 3 aromatic rings. The van der Waals surface area contributed by atoms with Gasteiger partial charge in [0, 0.05) is 37.3 Å². The van der Waals surface area contributed by atoms with Gasteiger partial charge in [-0.15, -0.1) is 24.0 Å². The first-order chi connectivity index (χ1) is 15.1. The van der Waals surface area contributed by atoms with Crippen LogP contribution in [0.5, 0.6) is 11.6 Å². The number of benzene rings is 1. The zero-order chi connectivity index (χ0) is 22.1. The molecule has 1 aromatic carbocycles. The van der Waals surface area contributed by atoms with Crippen molar-refractivity contribution in [3.8, 4) is 11.6 Å². The van der Waals surface area contributed by atoms with E-state index in [1.807, 2.05) is 13.0 Å². The smallest absolute Gasteiger partial charge is 0.219 e. The minimum absolute atomic E-state index is 0. The molecule has 0 aliphatic carbocycles. The van der Waals surface area contributed by atoms with Crippen LogP contribution in [0, 0.1) is 5.82 Å². The second kappa shape index (κ2) is 13.0. The summed E-state index contributed by atoms with van der Waals surface area (Å²) >= 11 is 0. The average Bonchev–Trinajstić information content (AvgIpc) is 3.20. The highest BCUT2D eigenvalue weighted by Gasteiger charge is 2.13. The number of hydrogen-bond donors (Lipinski definition) is 2. The second-order valence-electron chi connectivity index (χ2n) is 6.85. The topological polar surface area (TPSA) is 84.6 Å². The van der Waals surface area contributed by atoms with E-state index in [1.54, 1.807) is 24.4 Å². The van der Waals surface area contributed by atoms with Crippen LogP contribution < -0.4 is 15.4 Å². The Hall–Kier alpha value is -2.69. The van der Waals surface area contributed by atoms with Crippen LogP contribution in [-0.2, 0) is 25.9 Å². The molecule has 172 valence electrons. The van der Waals surface area contributed by atoms with Gasteiger partial charge in [0.1, 0.15) is 17.3 Å². The Morgan fingerprint density at radius 1 is 1.06 bits per heavy atom. The molecular formula is C23H29FIN5O2. The summed E-state index contributed by atoms with van der Waals surface area (Å²) in [6, 6.07) is 9.50. The fourth-order valence-electron chi connectivity index (χ4n) is 3.01. The molecule has 0 saturated heterocycles. The molecule has 0 atom stereocenters. The van der Waals surface area contributed by atoms with Crippen LogP contribution in [0.2, 0.25) is 0 Å². The zero-order valence-corrected chi connectivity index (χ0v) is 20.9. The van der Waals surface area contributed by atoms with Gasteiger partial charge < -0.3 is 19.9 Å². The molecule has 0 unspecified atom stereocenters. The highest BCUT2D eigenvalue weighted by molar-refractivity contribution is 14.0. The predicted octanol–water partition coefficient (Wildman–Crippen LogP) is 5.00. The van der Waals surface area contributed by atoms with E-state index < -0.39 is 0 Å². The predicted molar refractivity (Wildman–Crippen MR) is 133 cm³/mol. The first kappa shape index (κ1) is 25.6. The summed E-state index contributed by atoms with van der Waals surface area (Å²) in [5.41, 5.74) is 3.01. The van der Waals surface area contributed by atoms with Gasteiger partial charge in [-0.05, 0) is 43.2 Å². The van der Waals surface area contributed by atoms with Crippen LogP contribution in [0.1, 0.15) is 43.4 Å². The third kappa shape index (κ3) is 7.18. The number of aryl methyl sites for hydroxylation is 2. The van der Waals surface area contributed by atoms with Gasteiger partial charge in [0.25, 0.3) is 0 Å². The Kier molecular flexibility index (Phi) is 10.4. The van der Waals surface area contributed by atoms with Crippen molar-refractivity contribution in [2.45, 2.75) is 46.7 Å². The van der Waals surface area contributed by atoms with E-state index >= 15 is 0 Å². The van der Waals surface area contributed by atoms with Gasteiger partial charge in [-0.25, -0.2) is 14.4 Å². The first-order valence-corrected chi connectivity index (χ1v) is 10.5. The fraction of sp³-hybridized carbons (Fsp3) is 0.348. The van der Waals surface area contributed by atoms with Gasteiger partial charge in [-0.1, -0.05) is 25.1 Å². The summed E-state index contributed by atoms with van der Waals surface area (Å²) in [6.45, 7) is 7.96. The number of guanidine groups is 1. The van der Waals surface area contributed by atoms with Gasteiger partial charge in [0.05, 0.1) is 12.2 Å². The van der Waals surface area contributed by atoms with Crippen molar-refractivity contribution >= 4 is 29.9 Å². The highest BCUT2D eigenvalue weighted by atomic mass is 127. The van der Waals surface area contributed by atoms with E-state index in [-0.39, 0.29) is 29.8 Å². The summed E-state index contributed by atoms with van der Waals surface area (Å²) in [7, 11) is 0. The molecule has 2 heterocycles. The Bertz CT molecular complexity index is 969. The Labute approximate surface area is 204 Å². The summed E-state index contributed by atoms with van der Waals surface area (Å²) in [5.74, 6) is 2.28. The van der Waals surface area contributed by atoms with Gasteiger partial charge >= 0.3 is 0 Å². The number of pyridine rings is 1. The van der Waals surface area contributed by atoms with Crippen molar-refractivity contribution in [1.29, 1.82) is 0 Å². The monoisotopic (exact) mass is 553 g/mol. The molecule has 0 bridgehead atoms. The van der Waals surface area contributed by atoms with Crippen molar-refractivity contribution < 1.29 is 13.7 Å². The van der Waals surface area contributed by atoms with E-state index in [0.717, 1.165) is 42.0 Å². The van der Waals surface area contributed by atoms with Crippen molar-refractivity contribution in [1.82, 2.24) is 20.8 Å². The lowest BCUT2D eigenvalue weighted by Gasteiger charge is -2.12. The van der Waals surface area contributed by atoms with Crippen molar-refractivity contribution in [2.24, 2.45) is 4.99 Å². The molecule has 0 spiro atoms. The lowest BCUT2D eigenvalue weighted by atomic mass is 10.1. The normalized spacial score (nSPS) is 11.1. The molecule has 7 nitrogen and oxygen atoms in total. The van der Waals surface area contributed by atoms with E-state index in [0.29, 0.717) is 30.7 Å². The molecule has 0 amide bonds. The zero-order valence-electron chi connectivity index (χ0n) is 18.5. The minimum atomic E-state index is -0.306. The maximum atomic E-state index is 13.0. The van der Waals surface area contributed by atoms with Crippen LogP contribution in [0.15, 0.2) is 52.1 Å². The molecule has 0 aliphatic heterocycles. The molecule has 2 N–H and O–H groups in total. The van der Waals surface area contributed by atoms with Gasteiger partial charge in [0.2, 0.25) is 5.88 Å². The van der Waals surface area contributed by atoms with Gasteiger partial charge in [-0.2, -0.15) is 0 Å². The number of aromatic nitrogens is 2. The molecule has 9 heteroatoms. The lowest BCUT2D eigenvalue weighted by molar-refractivity contribution is 0.380. The fourth-order valence-corrected chi connectivity index (χ4v) is 3.01. The number of aliphatic imine (C=N–C) groups is 1. The van der Waals surface area contributed by atoms with Crippen LogP contribution in [-0.4, -0.2) is 22.6 Å². The Morgan fingerprint density at radius 3 is 2.47 bits per heavy atom. The molecule has 0 fully saturated rings. The van der Waals surface area contributed by atoms with Crippen molar-refractivity contribution in [3.63, 3.8) is 0 Å². The number of ether oxygens (including phenoxy) is 1. The van der Waals surface area contributed by atoms with Crippen molar-refractivity contribution in [3.05, 3.63) is 71.0 Å². The quantitative estimate of drug-likeness (QED) is 0.221. The van der Waals surface area contributed by atoms with Crippen molar-refractivity contribution in [2.75, 3.05) is 6.54 Å². The third-order valence-corrected chi connectivity index (χ3v) is 4.64. The Morgan fingerprint density at radius 2 is 1.84 bits per heavy atom. The summed E-state index contributed by atoms with van der Waals surface area (Å²) < 4.78 is 24.0. The number of nitrogens with zero attached hydrogens (tertiary/aromatic N) is 3. The largest absolute Gasteiger partial charge is 0.439 e. The van der Waals surface area contributed by atoms with Crippen LogP contribution in [0.25, 0.3) is 0 Å². The number of rotatable bonds is 9. The van der Waals surface area contributed by atoms with Gasteiger partial charge in [-0.3, -0.25) is 0 Å². The maximum absolute atomic E-state index is 13.0. The molecule has 2 aromatic heterocycles. The highest BCUT2D eigenvalue weighted by Crippen LogP contribution is 2.20. The maximum Gasteiger partial charge on any atom is 0.219 e. The number of hydrogen-bond acceptors (Lipinski definition) is 5. The molecule has 0 aliphatic rings. The van der Waals surface area contributed by atoms with Gasteiger partial charge in [0.15, 0.2) is 5.96 Å². The molecule has 32 heavy (non-hydrogen) atoms. The molecule has 0 saturated carbocycles. The minimum Gasteiger partial charge on any atom is -0.439 e. The van der Waals surface area contributed by atoms with E-state index in [4.69, 9.17) is 9.26 Å². The molecule has 3 rings (SSSR count). The van der Waals surface area contributed by atoms with Crippen LogP contribution >= 0.6 is 24.0 Å².